The number of hydrogen-bond acceptors (Lipinski definition) is 8. The van der Waals surface area contributed by atoms with Crippen molar-refractivity contribution in [2.45, 2.75) is 12.8 Å². The van der Waals surface area contributed by atoms with Crippen molar-refractivity contribution in [2.75, 3.05) is 13.4 Å². The zero-order valence-electron chi connectivity index (χ0n) is 13.8. The number of non-ortho nitro benzene ring substituents is 1. The molecule has 1 aliphatic rings. The lowest BCUT2D eigenvalue weighted by Gasteiger charge is -2.29. The number of ether oxygens (including phenoxy) is 1. The lowest BCUT2D eigenvalue weighted by atomic mass is 9.87. The Kier molecular flexibility index (Phi) is 4.84. The van der Waals surface area contributed by atoms with E-state index in [0.29, 0.717) is 0 Å². The van der Waals surface area contributed by atoms with Crippen LogP contribution in [-0.4, -0.2) is 32.7 Å². The molecule has 0 radical (unpaired) electrons. The van der Waals surface area contributed by atoms with Crippen LogP contribution in [0.4, 0.5) is 5.69 Å². The second-order valence-electron chi connectivity index (χ2n) is 5.49. The zero-order chi connectivity index (χ0) is 18.9. The Morgan fingerprint density at radius 3 is 2.56 bits per heavy atom. The number of hydrogen-bond donors (Lipinski definition) is 2. The van der Waals surface area contributed by atoms with E-state index in [4.69, 9.17) is 10.5 Å². The molecule has 0 saturated heterocycles. The van der Waals surface area contributed by atoms with E-state index in [1.54, 1.807) is 0 Å². The fourth-order valence-corrected chi connectivity index (χ4v) is 4.09. The van der Waals surface area contributed by atoms with Crippen molar-refractivity contribution in [3.05, 3.63) is 61.9 Å². The first kappa shape index (κ1) is 18.5. The standard InChI is InChI=1S/C15H17N3O6S/c1-8-13(25(3,22)23)11(12(14(16)17-8)15(19)24-2)9-5-4-6-10(7-9)18(20)21/h4-7,11,17H,16H2,1-3H3. The van der Waals surface area contributed by atoms with Crippen LogP contribution in [0.2, 0.25) is 0 Å². The summed E-state index contributed by atoms with van der Waals surface area (Å²) < 4.78 is 29.3. The molecule has 2 rings (SSSR count). The molecule has 3 N–H and O–H groups in total. The topological polar surface area (TPSA) is 142 Å². The highest BCUT2D eigenvalue weighted by Gasteiger charge is 2.39. The molecule has 134 valence electrons. The number of carbonyl (C=O) groups excluding carboxylic acids is 1. The summed E-state index contributed by atoms with van der Waals surface area (Å²) in [6.07, 6.45) is 0.994. The number of nitrogens with zero attached hydrogens (tertiary/aromatic N) is 1. The van der Waals surface area contributed by atoms with Crippen LogP contribution in [0, 0.1) is 10.1 Å². The molecule has 1 aromatic carbocycles. The summed E-state index contributed by atoms with van der Waals surface area (Å²) in [6, 6.07) is 5.39. The summed E-state index contributed by atoms with van der Waals surface area (Å²) in [4.78, 5) is 22.6. The van der Waals surface area contributed by atoms with Crippen molar-refractivity contribution in [3.8, 4) is 0 Å². The summed E-state index contributed by atoms with van der Waals surface area (Å²) in [5, 5.41) is 13.7. The number of sulfone groups is 1. The van der Waals surface area contributed by atoms with E-state index in [2.05, 4.69) is 5.32 Å². The molecule has 1 aliphatic heterocycles. The van der Waals surface area contributed by atoms with Crippen LogP contribution in [0.15, 0.2) is 46.3 Å². The molecule has 25 heavy (non-hydrogen) atoms. The van der Waals surface area contributed by atoms with Crippen LogP contribution >= 0.6 is 0 Å². The molecule has 0 bridgehead atoms. The minimum absolute atomic E-state index is 0.0618. The van der Waals surface area contributed by atoms with Gasteiger partial charge in [-0.3, -0.25) is 10.1 Å². The number of dihydropyridines is 1. The zero-order valence-corrected chi connectivity index (χ0v) is 14.6. The Hall–Kier alpha value is -2.88. The molecule has 0 amide bonds. The Morgan fingerprint density at radius 1 is 1.40 bits per heavy atom. The highest BCUT2D eigenvalue weighted by molar-refractivity contribution is 7.94. The number of benzene rings is 1. The summed E-state index contributed by atoms with van der Waals surface area (Å²) in [7, 11) is -2.62. The second-order valence-corrected chi connectivity index (χ2v) is 7.47. The third-order valence-corrected chi connectivity index (χ3v) is 5.09. The first-order valence-corrected chi connectivity index (χ1v) is 8.97. The second kappa shape index (κ2) is 6.55. The highest BCUT2D eigenvalue weighted by Crippen LogP contribution is 2.40. The SMILES string of the molecule is COC(=O)C1=C(N)NC(C)=C(S(C)(=O)=O)C1c1cccc([N+](=O)[O-])c1. The molecule has 1 atom stereocenters. The van der Waals surface area contributed by atoms with Crippen molar-refractivity contribution in [1.82, 2.24) is 5.32 Å². The number of allylic oxidation sites excluding steroid dienone is 2. The first-order valence-electron chi connectivity index (χ1n) is 7.08. The number of methoxy groups -OCH3 is 1. The average Bonchev–Trinajstić information content (AvgIpc) is 2.52. The quantitative estimate of drug-likeness (QED) is 0.454. The number of nitro benzene ring substituents is 1. The van der Waals surface area contributed by atoms with E-state index in [0.717, 1.165) is 13.4 Å². The Balaban J connectivity index is 2.80. The molecule has 0 aliphatic carbocycles. The van der Waals surface area contributed by atoms with Gasteiger partial charge in [0.05, 0.1) is 28.4 Å². The van der Waals surface area contributed by atoms with Crippen molar-refractivity contribution in [3.63, 3.8) is 0 Å². The molecule has 0 saturated carbocycles. The van der Waals surface area contributed by atoms with Gasteiger partial charge in [0, 0.05) is 24.1 Å². The smallest absolute Gasteiger partial charge is 0.338 e. The fourth-order valence-electron chi connectivity index (χ4n) is 2.80. The Labute approximate surface area is 144 Å². The minimum Gasteiger partial charge on any atom is -0.466 e. The predicted octanol–water partition coefficient (Wildman–Crippen LogP) is 0.901. The number of esters is 1. The van der Waals surface area contributed by atoms with E-state index in [9.17, 15) is 23.3 Å². The molecular formula is C15H17N3O6S. The largest absolute Gasteiger partial charge is 0.466 e. The van der Waals surface area contributed by atoms with Crippen molar-refractivity contribution < 1.29 is 22.9 Å². The molecule has 1 heterocycles. The normalized spacial score (nSPS) is 18.0. The first-order chi connectivity index (χ1) is 11.6. The van der Waals surface area contributed by atoms with Gasteiger partial charge >= 0.3 is 5.97 Å². The van der Waals surface area contributed by atoms with Gasteiger partial charge in [-0.1, -0.05) is 12.1 Å². The van der Waals surface area contributed by atoms with Crippen LogP contribution in [0.1, 0.15) is 18.4 Å². The monoisotopic (exact) mass is 367 g/mol. The van der Waals surface area contributed by atoms with Gasteiger partial charge in [0.1, 0.15) is 5.82 Å². The summed E-state index contributed by atoms with van der Waals surface area (Å²) >= 11 is 0. The van der Waals surface area contributed by atoms with E-state index in [1.807, 2.05) is 0 Å². The number of nitro groups is 1. The van der Waals surface area contributed by atoms with Gasteiger partial charge in [0.15, 0.2) is 9.84 Å². The number of nitrogens with one attached hydrogen (secondary N) is 1. The van der Waals surface area contributed by atoms with E-state index < -0.39 is 26.6 Å². The van der Waals surface area contributed by atoms with Gasteiger partial charge in [0.2, 0.25) is 0 Å². The van der Waals surface area contributed by atoms with Gasteiger partial charge in [-0.05, 0) is 12.5 Å². The summed E-state index contributed by atoms with van der Waals surface area (Å²) in [5.74, 6) is -1.99. The van der Waals surface area contributed by atoms with Crippen LogP contribution in [0.3, 0.4) is 0 Å². The van der Waals surface area contributed by atoms with Crippen LogP contribution in [0.5, 0.6) is 0 Å². The van der Waals surface area contributed by atoms with Crippen molar-refractivity contribution >= 4 is 21.5 Å². The lowest BCUT2D eigenvalue weighted by molar-refractivity contribution is -0.384. The molecule has 1 unspecified atom stereocenters. The molecule has 1 aromatic rings. The van der Waals surface area contributed by atoms with Crippen LogP contribution in [-0.2, 0) is 19.4 Å². The predicted molar refractivity (Wildman–Crippen MR) is 89.7 cm³/mol. The molecule has 10 heteroatoms. The Morgan fingerprint density at radius 2 is 2.04 bits per heavy atom. The van der Waals surface area contributed by atoms with Gasteiger partial charge in [-0.25, -0.2) is 13.2 Å². The van der Waals surface area contributed by atoms with Gasteiger partial charge in [-0.15, -0.1) is 0 Å². The molecule has 0 spiro atoms. The number of carbonyl (C=O) groups is 1. The van der Waals surface area contributed by atoms with Crippen LogP contribution in [0.25, 0.3) is 0 Å². The number of rotatable bonds is 4. The maximum atomic E-state index is 12.3. The van der Waals surface area contributed by atoms with E-state index >= 15 is 0 Å². The number of nitrogens with two attached hydrogens (primary N) is 1. The molecule has 0 aromatic heterocycles. The lowest BCUT2D eigenvalue weighted by Crippen LogP contribution is -2.35. The third kappa shape index (κ3) is 3.48. The van der Waals surface area contributed by atoms with Gasteiger partial charge in [0.25, 0.3) is 5.69 Å². The summed E-state index contributed by atoms with van der Waals surface area (Å²) in [6.45, 7) is 1.50. The van der Waals surface area contributed by atoms with Gasteiger partial charge in [-0.2, -0.15) is 0 Å². The maximum Gasteiger partial charge on any atom is 0.338 e. The molecular weight excluding hydrogens is 350 g/mol. The molecule has 0 fully saturated rings. The maximum absolute atomic E-state index is 12.3. The van der Waals surface area contributed by atoms with Crippen LogP contribution < -0.4 is 11.1 Å². The highest BCUT2D eigenvalue weighted by atomic mass is 32.2. The minimum atomic E-state index is -3.75. The van der Waals surface area contributed by atoms with Crippen molar-refractivity contribution in [2.24, 2.45) is 5.73 Å². The summed E-state index contributed by atoms with van der Waals surface area (Å²) in [5.41, 5.74) is 6.02. The van der Waals surface area contributed by atoms with Gasteiger partial charge < -0.3 is 15.8 Å². The van der Waals surface area contributed by atoms with E-state index in [1.165, 1.54) is 31.2 Å². The third-order valence-electron chi connectivity index (χ3n) is 3.75. The van der Waals surface area contributed by atoms with Crippen molar-refractivity contribution in [1.29, 1.82) is 0 Å². The fraction of sp³-hybridized carbons (Fsp3) is 0.267. The average molecular weight is 367 g/mol. The van der Waals surface area contributed by atoms with E-state index in [-0.39, 0.29) is 33.2 Å². The molecule has 9 nitrogen and oxygen atoms in total. The Bertz CT molecular complexity index is 917.